The Morgan fingerprint density at radius 2 is 1.65 bits per heavy atom. The molecule has 1 heterocycles. The van der Waals surface area contributed by atoms with Crippen molar-refractivity contribution in [2.24, 2.45) is 0 Å². The standard InChI is InChI=1S/C24H23N3O3S/c1-17-10-12-19(13-11-17)31(29,30)27-23-9-5-3-7-21(23)24(28)25-15-14-18-16-26-22-8-4-2-6-20(18)22/h2-13,16,26-27H,14-15H2,1H3,(H,25,28). The van der Waals surface area contributed by atoms with E-state index in [-0.39, 0.29) is 22.1 Å². The van der Waals surface area contributed by atoms with E-state index in [2.05, 4.69) is 15.0 Å². The summed E-state index contributed by atoms with van der Waals surface area (Å²) < 4.78 is 28.0. The van der Waals surface area contributed by atoms with E-state index in [1.807, 2.05) is 37.4 Å². The van der Waals surface area contributed by atoms with Gasteiger partial charge in [-0.2, -0.15) is 0 Å². The molecule has 0 fully saturated rings. The molecule has 31 heavy (non-hydrogen) atoms. The number of hydrogen-bond donors (Lipinski definition) is 3. The number of aryl methyl sites for hydroxylation is 1. The number of para-hydroxylation sites is 2. The van der Waals surface area contributed by atoms with Gasteiger partial charge in [0.1, 0.15) is 0 Å². The molecule has 0 aliphatic heterocycles. The van der Waals surface area contributed by atoms with Crippen molar-refractivity contribution in [3.8, 4) is 0 Å². The number of benzene rings is 3. The highest BCUT2D eigenvalue weighted by Crippen LogP contribution is 2.21. The summed E-state index contributed by atoms with van der Waals surface area (Å²) in [5.41, 5.74) is 3.66. The van der Waals surface area contributed by atoms with Gasteiger partial charge in [-0.15, -0.1) is 0 Å². The molecule has 1 amide bonds. The summed E-state index contributed by atoms with van der Waals surface area (Å²) in [6, 6.07) is 21.1. The summed E-state index contributed by atoms with van der Waals surface area (Å²) in [6.45, 7) is 2.32. The van der Waals surface area contributed by atoms with Gasteiger partial charge < -0.3 is 10.3 Å². The molecule has 0 aliphatic rings. The molecule has 0 saturated carbocycles. The Labute approximate surface area is 181 Å². The molecule has 0 unspecified atom stereocenters. The number of amides is 1. The molecular weight excluding hydrogens is 410 g/mol. The molecule has 7 heteroatoms. The number of hydrogen-bond acceptors (Lipinski definition) is 3. The smallest absolute Gasteiger partial charge is 0.261 e. The lowest BCUT2D eigenvalue weighted by atomic mass is 10.1. The molecule has 0 spiro atoms. The second-order valence-corrected chi connectivity index (χ2v) is 9.01. The Morgan fingerprint density at radius 1 is 0.935 bits per heavy atom. The van der Waals surface area contributed by atoms with Gasteiger partial charge in [-0.05, 0) is 49.2 Å². The van der Waals surface area contributed by atoms with E-state index in [0.29, 0.717) is 13.0 Å². The maximum absolute atomic E-state index is 12.8. The first-order chi connectivity index (χ1) is 14.9. The Bertz CT molecular complexity index is 1330. The van der Waals surface area contributed by atoms with Crippen LogP contribution in [0.3, 0.4) is 0 Å². The molecular formula is C24H23N3O3S. The van der Waals surface area contributed by atoms with Gasteiger partial charge in [0.05, 0.1) is 16.1 Å². The first-order valence-corrected chi connectivity index (χ1v) is 11.4. The number of aromatic nitrogens is 1. The van der Waals surface area contributed by atoms with Crippen LogP contribution in [0.2, 0.25) is 0 Å². The topological polar surface area (TPSA) is 91.1 Å². The summed E-state index contributed by atoms with van der Waals surface area (Å²) in [6.07, 6.45) is 2.60. The van der Waals surface area contributed by atoms with Crippen LogP contribution in [0.4, 0.5) is 5.69 Å². The van der Waals surface area contributed by atoms with Crippen LogP contribution < -0.4 is 10.0 Å². The molecule has 0 aliphatic carbocycles. The van der Waals surface area contributed by atoms with Crippen molar-refractivity contribution in [3.63, 3.8) is 0 Å². The summed E-state index contributed by atoms with van der Waals surface area (Å²) >= 11 is 0. The number of sulfonamides is 1. The van der Waals surface area contributed by atoms with Gasteiger partial charge in [-0.1, -0.05) is 48.0 Å². The third kappa shape index (κ3) is 4.62. The molecule has 0 radical (unpaired) electrons. The third-order valence-electron chi connectivity index (χ3n) is 5.10. The molecule has 4 rings (SSSR count). The molecule has 158 valence electrons. The fourth-order valence-electron chi connectivity index (χ4n) is 3.44. The van der Waals surface area contributed by atoms with Crippen LogP contribution >= 0.6 is 0 Å². The quantitative estimate of drug-likeness (QED) is 0.407. The number of H-pyrrole nitrogens is 1. The summed E-state index contributed by atoms with van der Waals surface area (Å²) in [4.78, 5) is 16.1. The number of rotatable bonds is 7. The molecule has 3 aromatic carbocycles. The van der Waals surface area contributed by atoms with Crippen LogP contribution in [0.25, 0.3) is 10.9 Å². The first kappa shape index (κ1) is 20.7. The highest BCUT2D eigenvalue weighted by molar-refractivity contribution is 7.92. The Balaban J connectivity index is 1.46. The monoisotopic (exact) mass is 433 g/mol. The lowest BCUT2D eigenvalue weighted by Gasteiger charge is -2.13. The van der Waals surface area contributed by atoms with E-state index in [1.165, 1.54) is 0 Å². The minimum atomic E-state index is -3.80. The average molecular weight is 434 g/mol. The van der Waals surface area contributed by atoms with Crippen LogP contribution in [0.15, 0.2) is 83.9 Å². The number of anilines is 1. The van der Waals surface area contributed by atoms with Crippen molar-refractivity contribution in [2.75, 3.05) is 11.3 Å². The van der Waals surface area contributed by atoms with E-state index in [1.54, 1.807) is 48.5 Å². The summed E-state index contributed by atoms with van der Waals surface area (Å²) in [7, 11) is -3.80. The van der Waals surface area contributed by atoms with Gasteiger partial charge in [0.25, 0.3) is 15.9 Å². The number of nitrogens with one attached hydrogen (secondary N) is 3. The van der Waals surface area contributed by atoms with E-state index in [0.717, 1.165) is 22.0 Å². The Morgan fingerprint density at radius 3 is 2.45 bits per heavy atom. The second kappa shape index (κ2) is 8.65. The predicted octanol–water partition coefficient (Wildman–Crippen LogP) is 4.25. The van der Waals surface area contributed by atoms with Crippen LogP contribution in [-0.2, 0) is 16.4 Å². The van der Waals surface area contributed by atoms with Crippen molar-refractivity contribution in [3.05, 3.63) is 95.7 Å². The second-order valence-electron chi connectivity index (χ2n) is 7.33. The van der Waals surface area contributed by atoms with Gasteiger partial charge in [0.15, 0.2) is 0 Å². The van der Waals surface area contributed by atoms with Gasteiger partial charge in [-0.25, -0.2) is 8.42 Å². The van der Waals surface area contributed by atoms with Crippen molar-refractivity contribution < 1.29 is 13.2 Å². The zero-order valence-corrected chi connectivity index (χ0v) is 17.9. The normalized spacial score (nSPS) is 11.4. The van der Waals surface area contributed by atoms with Gasteiger partial charge in [-0.3, -0.25) is 9.52 Å². The highest BCUT2D eigenvalue weighted by Gasteiger charge is 2.18. The van der Waals surface area contributed by atoms with Crippen LogP contribution in [-0.4, -0.2) is 25.9 Å². The molecule has 0 saturated heterocycles. The highest BCUT2D eigenvalue weighted by atomic mass is 32.2. The molecule has 3 N–H and O–H groups in total. The fourth-order valence-corrected chi connectivity index (χ4v) is 4.52. The predicted molar refractivity (Wildman–Crippen MR) is 123 cm³/mol. The number of carbonyl (C=O) groups is 1. The fraction of sp³-hybridized carbons (Fsp3) is 0.125. The minimum Gasteiger partial charge on any atom is -0.361 e. The van der Waals surface area contributed by atoms with E-state index in [9.17, 15) is 13.2 Å². The number of carbonyl (C=O) groups excluding carboxylic acids is 1. The third-order valence-corrected chi connectivity index (χ3v) is 6.48. The molecule has 6 nitrogen and oxygen atoms in total. The maximum atomic E-state index is 12.8. The van der Waals surface area contributed by atoms with Gasteiger partial charge in [0, 0.05) is 23.6 Å². The van der Waals surface area contributed by atoms with Crippen molar-refractivity contribution in [2.45, 2.75) is 18.2 Å². The maximum Gasteiger partial charge on any atom is 0.261 e. The SMILES string of the molecule is Cc1ccc(S(=O)(=O)Nc2ccccc2C(=O)NCCc2c[nH]c3ccccc23)cc1. The van der Waals surface area contributed by atoms with Crippen molar-refractivity contribution >= 4 is 32.5 Å². The van der Waals surface area contributed by atoms with Crippen LogP contribution in [0, 0.1) is 6.92 Å². The van der Waals surface area contributed by atoms with Crippen LogP contribution in [0.1, 0.15) is 21.5 Å². The number of aromatic amines is 1. The Hall–Kier alpha value is -3.58. The van der Waals surface area contributed by atoms with Crippen molar-refractivity contribution in [1.82, 2.24) is 10.3 Å². The molecule has 4 aromatic rings. The lowest BCUT2D eigenvalue weighted by Crippen LogP contribution is -2.27. The van der Waals surface area contributed by atoms with Gasteiger partial charge in [0.2, 0.25) is 0 Å². The van der Waals surface area contributed by atoms with Crippen molar-refractivity contribution in [1.29, 1.82) is 0 Å². The van der Waals surface area contributed by atoms with E-state index in [4.69, 9.17) is 0 Å². The largest absolute Gasteiger partial charge is 0.361 e. The zero-order valence-electron chi connectivity index (χ0n) is 17.1. The Kier molecular flexibility index (Phi) is 5.77. The first-order valence-electron chi connectivity index (χ1n) is 9.96. The molecule has 0 atom stereocenters. The number of fused-ring (bicyclic) bond motifs is 1. The minimum absolute atomic E-state index is 0.146. The molecule has 1 aromatic heterocycles. The lowest BCUT2D eigenvalue weighted by molar-refractivity contribution is 0.0955. The van der Waals surface area contributed by atoms with E-state index >= 15 is 0 Å². The molecule has 0 bridgehead atoms. The average Bonchev–Trinajstić information content (AvgIpc) is 3.17. The zero-order chi connectivity index (χ0) is 21.8. The summed E-state index contributed by atoms with van der Waals surface area (Å²) in [5, 5.41) is 4.02. The van der Waals surface area contributed by atoms with Gasteiger partial charge >= 0.3 is 0 Å². The van der Waals surface area contributed by atoms with E-state index < -0.39 is 10.0 Å². The van der Waals surface area contributed by atoms with Crippen LogP contribution in [0.5, 0.6) is 0 Å². The summed E-state index contributed by atoms with van der Waals surface area (Å²) in [5.74, 6) is -0.331.